The number of halogens is 1. The first-order chi connectivity index (χ1) is 10.2. The smallest absolute Gasteiger partial charge is 0.251 e. The molecule has 1 amide bonds. The Balaban J connectivity index is 2.13. The molecule has 2 N–H and O–H groups in total. The van der Waals surface area contributed by atoms with Crippen LogP contribution >= 0.6 is 15.9 Å². The van der Waals surface area contributed by atoms with E-state index in [2.05, 4.69) is 21.2 Å². The summed E-state index contributed by atoms with van der Waals surface area (Å²) in [6.45, 7) is 0.121. The van der Waals surface area contributed by atoms with Gasteiger partial charge in [-0.3, -0.25) is 4.79 Å². The van der Waals surface area contributed by atoms with Crippen molar-refractivity contribution in [3.63, 3.8) is 0 Å². The molecule has 0 heterocycles. The van der Waals surface area contributed by atoms with E-state index in [-0.39, 0.29) is 18.6 Å². The predicted octanol–water partition coefficient (Wildman–Crippen LogP) is 3.69. The van der Waals surface area contributed by atoms with Crippen molar-refractivity contribution in [2.24, 2.45) is 0 Å². The minimum absolute atomic E-state index is 0.0927. The third kappa shape index (κ3) is 4.69. The first-order valence-corrected chi connectivity index (χ1v) is 7.72. The fraction of sp³-hybridized carbons (Fsp3) is 0.235. The molecule has 0 spiro atoms. The lowest BCUT2D eigenvalue weighted by Gasteiger charge is -2.19. The lowest BCUT2D eigenvalue weighted by molar-refractivity contribution is 0.0932. The molecule has 0 radical (unpaired) electrons. The molecule has 0 aliphatic rings. The Bertz CT molecular complexity index is 586. The Morgan fingerprint density at radius 1 is 1.14 bits per heavy atom. The molecule has 0 aromatic heterocycles. The first-order valence-electron chi connectivity index (χ1n) is 6.93. The van der Waals surface area contributed by atoms with Gasteiger partial charge in [0.2, 0.25) is 0 Å². The van der Waals surface area contributed by atoms with Crippen LogP contribution in [0.5, 0.6) is 0 Å². The second-order valence-electron chi connectivity index (χ2n) is 4.81. The van der Waals surface area contributed by atoms with Crippen molar-refractivity contribution >= 4 is 21.8 Å². The molecule has 0 saturated carbocycles. The molecule has 2 aromatic rings. The zero-order chi connectivity index (χ0) is 15.1. The van der Waals surface area contributed by atoms with E-state index >= 15 is 0 Å². The van der Waals surface area contributed by atoms with E-state index in [4.69, 9.17) is 5.11 Å². The van der Waals surface area contributed by atoms with E-state index in [1.54, 1.807) is 12.1 Å². The SMILES string of the molecule is O=C(NC(CCCO)c1ccccc1)c1cccc(Br)c1. The molecule has 3 nitrogen and oxygen atoms in total. The first kappa shape index (κ1) is 15.7. The third-order valence-corrected chi connectivity index (χ3v) is 3.74. The summed E-state index contributed by atoms with van der Waals surface area (Å²) >= 11 is 3.37. The largest absolute Gasteiger partial charge is 0.396 e. The predicted molar refractivity (Wildman–Crippen MR) is 87.1 cm³/mol. The van der Waals surface area contributed by atoms with Crippen LogP contribution in [-0.2, 0) is 0 Å². The average Bonchev–Trinajstić information content (AvgIpc) is 2.52. The number of aliphatic hydroxyl groups excluding tert-OH is 1. The van der Waals surface area contributed by atoms with Gasteiger partial charge in [-0.05, 0) is 36.6 Å². The van der Waals surface area contributed by atoms with Crippen molar-refractivity contribution < 1.29 is 9.90 Å². The molecule has 1 atom stereocenters. The van der Waals surface area contributed by atoms with Crippen molar-refractivity contribution in [2.45, 2.75) is 18.9 Å². The van der Waals surface area contributed by atoms with Gasteiger partial charge in [-0.25, -0.2) is 0 Å². The summed E-state index contributed by atoms with van der Waals surface area (Å²) in [5.74, 6) is -0.108. The number of hydrogen-bond acceptors (Lipinski definition) is 2. The number of aliphatic hydroxyl groups is 1. The second kappa shape index (κ2) is 7.96. The lowest BCUT2D eigenvalue weighted by Crippen LogP contribution is -2.28. The number of rotatable bonds is 6. The van der Waals surface area contributed by atoms with E-state index in [0.717, 1.165) is 10.0 Å². The summed E-state index contributed by atoms with van der Waals surface area (Å²) in [6, 6.07) is 17.0. The highest BCUT2D eigenvalue weighted by Gasteiger charge is 2.15. The molecule has 2 aromatic carbocycles. The van der Waals surface area contributed by atoms with Gasteiger partial charge < -0.3 is 10.4 Å². The summed E-state index contributed by atoms with van der Waals surface area (Å²) in [5, 5.41) is 12.1. The highest BCUT2D eigenvalue weighted by Crippen LogP contribution is 2.19. The van der Waals surface area contributed by atoms with E-state index in [0.29, 0.717) is 18.4 Å². The minimum Gasteiger partial charge on any atom is -0.396 e. The van der Waals surface area contributed by atoms with E-state index in [9.17, 15) is 4.79 Å². The second-order valence-corrected chi connectivity index (χ2v) is 5.73. The van der Waals surface area contributed by atoms with Crippen LogP contribution in [0, 0.1) is 0 Å². The molecular weight excluding hydrogens is 330 g/mol. The highest BCUT2D eigenvalue weighted by atomic mass is 79.9. The van der Waals surface area contributed by atoms with Gasteiger partial charge in [0.1, 0.15) is 0 Å². The van der Waals surface area contributed by atoms with Crippen molar-refractivity contribution in [1.29, 1.82) is 0 Å². The van der Waals surface area contributed by atoms with Crippen LogP contribution in [0.15, 0.2) is 59.1 Å². The van der Waals surface area contributed by atoms with Gasteiger partial charge in [-0.2, -0.15) is 0 Å². The standard InChI is InChI=1S/C17H18BrNO2/c18-15-9-4-8-14(12-15)17(21)19-16(10-5-11-20)13-6-2-1-3-7-13/h1-4,6-9,12,16,20H,5,10-11H2,(H,19,21). The summed E-state index contributed by atoms with van der Waals surface area (Å²) in [7, 11) is 0. The normalized spacial score (nSPS) is 11.9. The zero-order valence-corrected chi connectivity index (χ0v) is 13.2. The van der Waals surface area contributed by atoms with Crippen molar-refractivity contribution in [1.82, 2.24) is 5.32 Å². The van der Waals surface area contributed by atoms with Gasteiger partial charge >= 0.3 is 0 Å². The topological polar surface area (TPSA) is 49.3 Å². The zero-order valence-electron chi connectivity index (χ0n) is 11.6. The molecule has 4 heteroatoms. The van der Waals surface area contributed by atoms with Crippen molar-refractivity contribution in [3.05, 3.63) is 70.2 Å². The third-order valence-electron chi connectivity index (χ3n) is 3.24. The van der Waals surface area contributed by atoms with Crippen LogP contribution in [0.2, 0.25) is 0 Å². The van der Waals surface area contributed by atoms with Crippen LogP contribution in [0.3, 0.4) is 0 Å². The Labute approximate surface area is 133 Å². The van der Waals surface area contributed by atoms with E-state index < -0.39 is 0 Å². The van der Waals surface area contributed by atoms with Gasteiger partial charge in [0.15, 0.2) is 0 Å². The fourth-order valence-corrected chi connectivity index (χ4v) is 2.57. The molecule has 21 heavy (non-hydrogen) atoms. The number of carbonyl (C=O) groups is 1. The Kier molecular flexibility index (Phi) is 5.96. The van der Waals surface area contributed by atoms with Crippen LogP contribution in [-0.4, -0.2) is 17.6 Å². The Morgan fingerprint density at radius 3 is 2.57 bits per heavy atom. The van der Waals surface area contributed by atoms with Crippen molar-refractivity contribution in [2.75, 3.05) is 6.61 Å². The molecule has 0 saturated heterocycles. The number of nitrogens with one attached hydrogen (secondary N) is 1. The van der Waals surface area contributed by atoms with Crippen LogP contribution < -0.4 is 5.32 Å². The van der Waals surface area contributed by atoms with Gasteiger partial charge in [0.05, 0.1) is 6.04 Å². The van der Waals surface area contributed by atoms with Crippen molar-refractivity contribution in [3.8, 4) is 0 Å². The monoisotopic (exact) mass is 347 g/mol. The van der Waals surface area contributed by atoms with Gasteiger partial charge in [0, 0.05) is 16.6 Å². The number of amides is 1. The summed E-state index contributed by atoms with van der Waals surface area (Å²) in [5.41, 5.74) is 1.67. The summed E-state index contributed by atoms with van der Waals surface area (Å²) in [6.07, 6.45) is 1.36. The number of benzene rings is 2. The maximum Gasteiger partial charge on any atom is 0.251 e. The Hall–Kier alpha value is -1.65. The molecule has 0 fully saturated rings. The highest BCUT2D eigenvalue weighted by molar-refractivity contribution is 9.10. The lowest BCUT2D eigenvalue weighted by atomic mass is 10.0. The van der Waals surface area contributed by atoms with Gasteiger partial charge in [-0.1, -0.05) is 52.3 Å². The van der Waals surface area contributed by atoms with Crippen LogP contribution in [0.1, 0.15) is 34.8 Å². The molecule has 0 aliphatic heterocycles. The number of hydrogen-bond donors (Lipinski definition) is 2. The molecular formula is C17H18BrNO2. The number of carbonyl (C=O) groups excluding carboxylic acids is 1. The molecule has 1 unspecified atom stereocenters. The maximum absolute atomic E-state index is 12.3. The maximum atomic E-state index is 12.3. The van der Waals surface area contributed by atoms with Gasteiger partial charge in [0.25, 0.3) is 5.91 Å². The minimum atomic E-state index is -0.108. The summed E-state index contributed by atoms with van der Waals surface area (Å²) in [4.78, 5) is 12.3. The van der Waals surface area contributed by atoms with Gasteiger partial charge in [-0.15, -0.1) is 0 Å². The van der Waals surface area contributed by atoms with E-state index in [1.165, 1.54) is 0 Å². The average molecular weight is 348 g/mol. The quantitative estimate of drug-likeness (QED) is 0.837. The summed E-state index contributed by atoms with van der Waals surface area (Å²) < 4.78 is 0.877. The molecule has 0 bridgehead atoms. The molecule has 2 rings (SSSR count). The fourth-order valence-electron chi connectivity index (χ4n) is 2.17. The Morgan fingerprint density at radius 2 is 1.90 bits per heavy atom. The van der Waals surface area contributed by atoms with Crippen LogP contribution in [0.4, 0.5) is 0 Å². The molecule has 110 valence electrons. The van der Waals surface area contributed by atoms with E-state index in [1.807, 2.05) is 42.5 Å². The molecule has 0 aliphatic carbocycles. The van der Waals surface area contributed by atoms with Crippen LogP contribution in [0.25, 0.3) is 0 Å².